The molecule has 1 heterocycles. The van der Waals surface area contributed by atoms with Crippen molar-refractivity contribution in [1.82, 2.24) is 0 Å². The Morgan fingerprint density at radius 2 is 2.17 bits per heavy atom. The maximum Gasteiger partial charge on any atom is 0.282 e. The minimum atomic E-state index is -0.348. The number of hydrogen-bond donors (Lipinski definition) is 2. The molecule has 0 radical (unpaired) electrons. The molecular weight excluding hydrogens is 235 g/mol. The van der Waals surface area contributed by atoms with Crippen LogP contribution in [-0.4, -0.2) is 38.3 Å². The van der Waals surface area contributed by atoms with Crippen LogP contribution < -0.4 is 10.2 Å². The van der Waals surface area contributed by atoms with Crippen LogP contribution in [0.1, 0.15) is 6.92 Å². The normalized spacial score (nSPS) is 18.3. The highest BCUT2D eigenvalue weighted by atomic mass is 19.1. The molecule has 0 saturated carbocycles. The number of carbonyl (C=O) groups is 1. The van der Waals surface area contributed by atoms with E-state index in [9.17, 15) is 9.18 Å². The molecule has 4 nitrogen and oxygen atoms in total. The van der Waals surface area contributed by atoms with Gasteiger partial charge in [-0.2, -0.15) is 0 Å². The average molecular weight is 253 g/mol. The number of amides is 1. The van der Waals surface area contributed by atoms with Crippen LogP contribution in [-0.2, 0) is 9.53 Å². The summed E-state index contributed by atoms with van der Waals surface area (Å²) >= 11 is 0. The summed E-state index contributed by atoms with van der Waals surface area (Å²) in [5.41, 5.74) is 0.500. The first-order chi connectivity index (χ1) is 8.66. The van der Waals surface area contributed by atoms with E-state index in [4.69, 9.17) is 4.74 Å². The monoisotopic (exact) mass is 253 g/mol. The van der Waals surface area contributed by atoms with Crippen LogP contribution in [0.4, 0.5) is 10.1 Å². The van der Waals surface area contributed by atoms with Crippen molar-refractivity contribution in [3.05, 3.63) is 30.1 Å². The van der Waals surface area contributed by atoms with Crippen molar-refractivity contribution in [3.63, 3.8) is 0 Å². The molecule has 98 valence electrons. The topological polar surface area (TPSA) is 42.8 Å². The lowest BCUT2D eigenvalue weighted by molar-refractivity contribution is -0.921. The van der Waals surface area contributed by atoms with Crippen LogP contribution in [0.3, 0.4) is 0 Å². The maximum absolute atomic E-state index is 13.0. The van der Waals surface area contributed by atoms with Crippen molar-refractivity contribution in [3.8, 4) is 0 Å². The number of halogens is 1. The molecule has 0 aliphatic carbocycles. The van der Waals surface area contributed by atoms with Crippen molar-refractivity contribution in [2.24, 2.45) is 0 Å². The summed E-state index contributed by atoms with van der Waals surface area (Å²) in [6.07, 6.45) is 0. The quantitative estimate of drug-likeness (QED) is 0.800. The van der Waals surface area contributed by atoms with Gasteiger partial charge >= 0.3 is 0 Å². The number of benzene rings is 1. The van der Waals surface area contributed by atoms with E-state index in [1.807, 2.05) is 6.92 Å². The fraction of sp³-hybridized carbons (Fsp3) is 0.462. The summed E-state index contributed by atoms with van der Waals surface area (Å²) < 4.78 is 18.3. The van der Waals surface area contributed by atoms with Crippen LogP contribution in [0.2, 0.25) is 0 Å². The van der Waals surface area contributed by atoms with Gasteiger partial charge in [0.15, 0.2) is 6.04 Å². The Hall–Kier alpha value is -1.46. The second-order valence-corrected chi connectivity index (χ2v) is 4.49. The van der Waals surface area contributed by atoms with Gasteiger partial charge in [-0.1, -0.05) is 6.07 Å². The Kier molecular flexibility index (Phi) is 4.28. The zero-order valence-electron chi connectivity index (χ0n) is 10.4. The lowest BCUT2D eigenvalue weighted by Gasteiger charge is -2.28. The number of hydrogen-bond acceptors (Lipinski definition) is 2. The van der Waals surface area contributed by atoms with Crippen molar-refractivity contribution in [2.45, 2.75) is 13.0 Å². The summed E-state index contributed by atoms with van der Waals surface area (Å²) in [6.45, 7) is 4.92. The lowest BCUT2D eigenvalue weighted by atomic mass is 10.2. The van der Waals surface area contributed by atoms with E-state index < -0.39 is 0 Å². The van der Waals surface area contributed by atoms with Gasteiger partial charge in [0.2, 0.25) is 0 Å². The molecule has 1 aliphatic rings. The number of rotatable bonds is 3. The van der Waals surface area contributed by atoms with Crippen molar-refractivity contribution in [2.75, 3.05) is 31.6 Å². The van der Waals surface area contributed by atoms with E-state index >= 15 is 0 Å². The molecule has 1 fully saturated rings. The molecule has 2 N–H and O–H groups in total. The number of ether oxygens (including phenoxy) is 1. The third-order valence-electron chi connectivity index (χ3n) is 3.23. The highest BCUT2D eigenvalue weighted by Gasteiger charge is 2.26. The molecule has 5 heteroatoms. The van der Waals surface area contributed by atoms with Crippen LogP contribution in [0.5, 0.6) is 0 Å². The van der Waals surface area contributed by atoms with Gasteiger partial charge in [-0.3, -0.25) is 4.79 Å². The summed E-state index contributed by atoms with van der Waals surface area (Å²) in [6, 6.07) is 5.78. The molecule has 18 heavy (non-hydrogen) atoms. The van der Waals surface area contributed by atoms with Gasteiger partial charge < -0.3 is 15.0 Å². The Labute approximate surface area is 106 Å². The van der Waals surface area contributed by atoms with Crippen molar-refractivity contribution >= 4 is 11.6 Å². The van der Waals surface area contributed by atoms with Crippen LogP contribution in [0, 0.1) is 5.82 Å². The van der Waals surface area contributed by atoms with Crippen molar-refractivity contribution < 1.29 is 18.8 Å². The average Bonchev–Trinajstić information content (AvgIpc) is 2.39. The molecule has 1 atom stereocenters. The zero-order valence-corrected chi connectivity index (χ0v) is 10.4. The van der Waals surface area contributed by atoms with Gasteiger partial charge in [0, 0.05) is 5.69 Å². The lowest BCUT2D eigenvalue weighted by Crippen LogP contribution is -3.18. The number of morpholine rings is 1. The molecule has 0 aromatic heterocycles. The Morgan fingerprint density at radius 1 is 1.44 bits per heavy atom. The maximum atomic E-state index is 13.0. The molecule has 2 rings (SSSR count). The first-order valence-electron chi connectivity index (χ1n) is 6.15. The SMILES string of the molecule is C[C@H](C(=O)Nc1cccc(F)c1)[NH+]1CCOCC1. The summed E-state index contributed by atoms with van der Waals surface area (Å²) in [7, 11) is 0. The third-order valence-corrected chi connectivity index (χ3v) is 3.23. The predicted molar refractivity (Wildman–Crippen MR) is 66.0 cm³/mol. The van der Waals surface area contributed by atoms with E-state index in [0.29, 0.717) is 18.9 Å². The van der Waals surface area contributed by atoms with Gasteiger partial charge in [0.1, 0.15) is 18.9 Å². The van der Waals surface area contributed by atoms with E-state index in [1.54, 1.807) is 12.1 Å². The van der Waals surface area contributed by atoms with E-state index in [1.165, 1.54) is 17.0 Å². The second-order valence-electron chi connectivity index (χ2n) is 4.49. The number of quaternary nitrogens is 1. The number of carbonyl (C=O) groups excluding carboxylic acids is 1. The minimum absolute atomic E-state index is 0.0856. The molecule has 1 aromatic rings. The van der Waals surface area contributed by atoms with Crippen molar-refractivity contribution in [1.29, 1.82) is 0 Å². The zero-order chi connectivity index (χ0) is 13.0. The number of anilines is 1. The second kappa shape index (κ2) is 5.93. The Morgan fingerprint density at radius 3 is 2.83 bits per heavy atom. The summed E-state index contributed by atoms with van der Waals surface area (Å²) in [4.78, 5) is 13.2. The molecule has 1 aliphatic heterocycles. The largest absolute Gasteiger partial charge is 0.370 e. The highest BCUT2D eigenvalue weighted by molar-refractivity contribution is 5.93. The molecular formula is C13H18FN2O2+. The van der Waals surface area contributed by atoms with Gasteiger partial charge in [-0.25, -0.2) is 4.39 Å². The fourth-order valence-corrected chi connectivity index (χ4v) is 2.07. The predicted octanol–water partition coefficient (Wildman–Crippen LogP) is 0.0678. The molecule has 0 spiro atoms. The van der Waals surface area contributed by atoms with Crippen LogP contribution >= 0.6 is 0 Å². The van der Waals surface area contributed by atoms with E-state index in [2.05, 4.69) is 5.32 Å². The molecule has 1 aromatic carbocycles. The standard InChI is InChI=1S/C13H17FN2O2/c1-10(16-5-7-18-8-6-16)13(17)15-12-4-2-3-11(14)9-12/h2-4,9-10H,5-8H2,1H3,(H,15,17)/p+1/t10-/m1/s1. The van der Waals surface area contributed by atoms with Gasteiger partial charge in [-0.05, 0) is 25.1 Å². The first-order valence-corrected chi connectivity index (χ1v) is 6.15. The smallest absolute Gasteiger partial charge is 0.282 e. The van der Waals surface area contributed by atoms with E-state index in [0.717, 1.165) is 13.1 Å². The fourth-order valence-electron chi connectivity index (χ4n) is 2.07. The van der Waals surface area contributed by atoms with Crippen LogP contribution in [0.15, 0.2) is 24.3 Å². The summed E-state index contributed by atoms with van der Waals surface area (Å²) in [5.74, 6) is -0.434. The minimum Gasteiger partial charge on any atom is -0.370 e. The molecule has 0 bridgehead atoms. The third kappa shape index (κ3) is 3.27. The number of nitrogens with one attached hydrogen (secondary N) is 2. The van der Waals surface area contributed by atoms with Gasteiger partial charge in [0.05, 0.1) is 13.2 Å². The molecule has 0 unspecified atom stereocenters. The van der Waals surface area contributed by atoms with Gasteiger partial charge in [0.25, 0.3) is 5.91 Å². The molecule has 1 amide bonds. The molecule has 1 saturated heterocycles. The Bertz CT molecular complexity index is 419. The Balaban J connectivity index is 1.94. The van der Waals surface area contributed by atoms with Crippen LogP contribution in [0.25, 0.3) is 0 Å². The van der Waals surface area contributed by atoms with Gasteiger partial charge in [-0.15, -0.1) is 0 Å². The first kappa shape index (κ1) is 13.0. The van der Waals surface area contributed by atoms with E-state index in [-0.39, 0.29) is 17.8 Å². The highest BCUT2D eigenvalue weighted by Crippen LogP contribution is 2.08. The summed E-state index contributed by atoms with van der Waals surface area (Å²) in [5, 5.41) is 2.74.